The molecule has 10 rings (SSSR count). The maximum atomic E-state index is 15.2. The average molecular weight is 825 g/mol. The van der Waals surface area contributed by atoms with E-state index in [0.29, 0.717) is 47.9 Å². The number of hydrogen-bond donors (Lipinski definition) is 0. The summed E-state index contributed by atoms with van der Waals surface area (Å²) in [5, 5.41) is 9.21. The number of halogens is 4. The minimum absolute atomic E-state index is 0.172. The van der Waals surface area contributed by atoms with Gasteiger partial charge in [-0.25, -0.2) is 37.1 Å². The van der Waals surface area contributed by atoms with Gasteiger partial charge in [0, 0.05) is 46.3 Å². The molecule has 4 saturated carbocycles. The monoisotopic (exact) mass is 824 g/mol. The lowest BCUT2D eigenvalue weighted by molar-refractivity contribution is -0.528. The Balaban J connectivity index is 1.33. The van der Waals surface area contributed by atoms with Gasteiger partial charge in [-0.2, -0.15) is 0 Å². The number of hydrogen-bond acceptors (Lipinski definition) is 8. The molecule has 16 heteroatoms. The molecule has 0 bridgehead atoms. The second-order valence-electron chi connectivity index (χ2n) is 17.0. The highest BCUT2D eigenvalue weighted by Gasteiger charge is 2.81. The summed E-state index contributed by atoms with van der Waals surface area (Å²) in [5.41, 5.74) is 16.3. The molecule has 8 atom stereocenters. The van der Waals surface area contributed by atoms with Crippen LogP contribution in [-0.2, 0) is 51.1 Å². The normalized spacial score (nSPS) is 34.8. The van der Waals surface area contributed by atoms with Crippen molar-refractivity contribution in [2.75, 3.05) is 0 Å². The molecule has 0 radical (unpaired) electrons. The summed E-state index contributed by atoms with van der Waals surface area (Å²) in [5.74, 6) is -4.64. The second kappa shape index (κ2) is 14.3. The summed E-state index contributed by atoms with van der Waals surface area (Å²) in [7, 11) is 0. The topological polar surface area (TPSA) is 153 Å². The fourth-order valence-electron chi connectivity index (χ4n) is 11.7. The first-order valence-electron chi connectivity index (χ1n) is 20.3. The zero-order chi connectivity index (χ0) is 41.4. The van der Waals surface area contributed by atoms with E-state index in [-0.39, 0.29) is 12.8 Å². The molecule has 12 nitrogen and oxygen atoms in total. The van der Waals surface area contributed by atoms with Crippen molar-refractivity contribution in [3.8, 4) is 0 Å². The molecule has 6 aliphatic rings. The Labute approximate surface area is 341 Å². The van der Waals surface area contributed by atoms with Crippen LogP contribution in [-0.4, -0.2) is 35.9 Å². The van der Waals surface area contributed by atoms with E-state index in [1.54, 1.807) is 48.5 Å². The highest BCUT2D eigenvalue weighted by Crippen LogP contribution is 2.72. The van der Waals surface area contributed by atoms with E-state index < -0.39 is 81.2 Å². The van der Waals surface area contributed by atoms with Crippen LogP contribution in [0.2, 0.25) is 0 Å². The highest BCUT2D eigenvalue weighted by atomic mass is 19.1. The largest absolute Gasteiger partial charge is 0.340 e. The molecule has 4 aliphatic carbocycles. The van der Waals surface area contributed by atoms with Crippen LogP contribution < -0.4 is 0 Å². The fraction of sp³-hybridized carbons (Fsp3) is 0.455. The van der Waals surface area contributed by atoms with E-state index in [9.17, 15) is 19.8 Å². The number of rotatable bonds is 7. The molecule has 0 aromatic heterocycles. The van der Waals surface area contributed by atoms with E-state index in [4.69, 9.17) is 29.0 Å². The van der Waals surface area contributed by atoms with Crippen LogP contribution in [0, 0.1) is 23.3 Å². The van der Waals surface area contributed by atoms with Gasteiger partial charge in [-0.1, -0.05) is 58.8 Å². The molecule has 4 aromatic carbocycles. The van der Waals surface area contributed by atoms with Crippen molar-refractivity contribution in [3.63, 3.8) is 0 Å². The molecule has 2 heterocycles. The molecule has 6 fully saturated rings. The van der Waals surface area contributed by atoms with Gasteiger partial charge < -0.3 is 9.47 Å². The predicted molar refractivity (Wildman–Crippen MR) is 204 cm³/mol. The molecular formula is C44H40F4N6O6. The quantitative estimate of drug-likeness (QED) is 0.0594. The second-order valence-corrected chi connectivity index (χ2v) is 17.0. The van der Waals surface area contributed by atoms with Crippen molar-refractivity contribution in [1.29, 1.82) is 0 Å². The molecule has 2 saturated heterocycles. The van der Waals surface area contributed by atoms with Crippen LogP contribution in [0.4, 0.5) is 17.6 Å². The maximum absolute atomic E-state index is 15.2. The molecular weight excluding hydrogens is 785 g/mol. The lowest BCUT2D eigenvalue weighted by Crippen LogP contribution is -2.61. The highest BCUT2D eigenvalue weighted by molar-refractivity contribution is 5.53. The van der Waals surface area contributed by atoms with Crippen LogP contribution in [0.25, 0.3) is 20.9 Å². The first-order chi connectivity index (χ1) is 29.1. The van der Waals surface area contributed by atoms with Gasteiger partial charge in [0.05, 0.1) is 12.1 Å². The molecule has 4 aromatic rings. The van der Waals surface area contributed by atoms with Gasteiger partial charge in [0.15, 0.2) is 11.2 Å². The fourth-order valence-corrected chi connectivity index (χ4v) is 11.7. The van der Waals surface area contributed by atoms with Crippen LogP contribution in [0.15, 0.2) is 107 Å². The zero-order valence-electron chi connectivity index (χ0n) is 32.3. The van der Waals surface area contributed by atoms with Crippen LogP contribution in [0.1, 0.15) is 86.5 Å². The SMILES string of the molecule is [N-]=[N+]=N[C@@H]1[C@H]2OC3(CCCC3)OO[C@@]2(c2ccc(F)cc2)C[C@@]1(c1ccc(F)cc1)[C@@]1(c2ccc(F)cc2)C[C@]2(c3ccc(F)cc3)OOC3(CCCC3)O[C@@H]2[C@H]1N=[N+]=[N-]. The molecule has 2 aliphatic heterocycles. The number of nitrogens with zero attached hydrogens (tertiary/aromatic N) is 6. The van der Waals surface area contributed by atoms with E-state index in [1.807, 2.05) is 0 Å². The molecule has 0 unspecified atom stereocenters. The Morgan fingerprint density at radius 1 is 0.450 bits per heavy atom. The lowest BCUT2D eigenvalue weighted by Gasteiger charge is -2.53. The summed E-state index contributed by atoms with van der Waals surface area (Å²) in [4.78, 5) is 32.9. The minimum atomic E-state index is -1.68. The number of benzene rings is 4. The number of ether oxygens (including phenoxy) is 2. The van der Waals surface area contributed by atoms with Crippen molar-refractivity contribution in [2.45, 2.75) is 122 Å². The average Bonchev–Trinajstić information content (AvgIpc) is 4.04. The Morgan fingerprint density at radius 2 is 0.750 bits per heavy atom. The van der Waals surface area contributed by atoms with Gasteiger partial charge in [-0.05, 0) is 120 Å². The minimum Gasteiger partial charge on any atom is -0.340 e. The van der Waals surface area contributed by atoms with E-state index >= 15 is 8.78 Å². The van der Waals surface area contributed by atoms with Gasteiger partial charge in [0.25, 0.3) is 0 Å². The van der Waals surface area contributed by atoms with Crippen LogP contribution in [0.5, 0.6) is 0 Å². The third kappa shape index (κ3) is 5.59. The van der Waals surface area contributed by atoms with Crippen LogP contribution in [0.3, 0.4) is 0 Å². The van der Waals surface area contributed by atoms with E-state index in [2.05, 4.69) is 20.1 Å². The maximum Gasteiger partial charge on any atom is 0.202 e. The van der Waals surface area contributed by atoms with Gasteiger partial charge >= 0.3 is 0 Å². The molecule has 0 amide bonds. The third-order valence-electron chi connectivity index (χ3n) is 14.2. The summed E-state index contributed by atoms with van der Waals surface area (Å²) >= 11 is 0. The standard InChI is InChI=1S/C44H40F4N6O6/c45-31-13-5-27(6-14-31)41(25-43(29-9-17-33(47)18-10-29)37(35(41)51-53-49)55-39(57-59-43)21-1-2-22-39)42(28-7-15-32(46)16-8-28)26-44(30-11-19-34(48)20-12-30)38(36(42)52-54-50)56-40(58-60-44)23-3-4-24-40/h5-20,35-38H,1-4,21-26H2/t35-,36-,37-,38-,41-,42+,43-,44-/m1/s1. The van der Waals surface area contributed by atoms with Gasteiger partial charge in [0.1, 0.15) is 35.5 Å². The summed E-state index contributed by atoms with van der Waals surface area (Å²) < 4.78 is 74.1. The lowest BCUT2D eigenvalue weighted by atomic mass is 9.51. The number of azide groups is 2. The van der Waals surface area contributed by atoms with Gasteiger partial charge in [-0.15, -0.1) is 0 Å². The van der Waals surface area contributed by atoms with Crippen molar-refractivity contribution < 1.29 is 46.6 Å². The van der Waals surface area contributed by atoms with Gasteiger partial charge in [-0.3, -0.25) is 0 Å². The zero-order valence-corrected chi connectivity index (χ0v) is 32.3. The smallest absolute Gasteiger partial charge is 0.202 e. The van der Waals surface area contributed by atoms with Gasteiger partial charge in [0.2, 0.25) is 11.6 Å². The first-order valence-corrected chi connectivity index (χ1v) is 20.3. The van der Waals surface area contributed by atoms with Crippen molar-refractivity contribution >= 4 is 0 Å². The molecule has 60 heavy (non-hydrogen) atoms. The van der Waals surface area contributed by atoms with Crippen molar-refractivity contribution in [2.24, 2.45) is 10.2 Å². The number of fused-ring (bicyclic) bond motifs is 2. The Bertz CT molecular complexity index is 2200. The third-order valence-corrected chi connectivity index (χ3v) is 14.2. The van der Waals surface area contributed by atoms with Crippen LogP contribution >= 0.6 is 0 Å². The Hall–Kier alpha value is -5.02. The summed E-state index contributed by atoms with van der Waals surface area (Å²) in [6.07, 6.45) is 2.17. The first kappa shape index (κ1) is 39.1. The molecule has 310 valence electrons. The Morgan fingerprint density at radius 3 is 1.05 bits per heavy atom. The summed E-state index contributed by atoms with van der Waals surface area (Å²) in [6, 6.07) is 20.1. The van der Waals surface area contributed by atoms with E-state index in [0.717, 1.165) is 25.7 Å². The molecule has 2 spiro atoms. The predicted octanol–water partition coefficient (Wildman–Crippen LogP) is 10.6. The molecule has 0 N–H and O–H groups in total. The summed E-state index contributed by atoms with van der Waals surface area (Å²) in [6.45, 7) is 0. The Kier molecular flexibility index (Phi) is 9.32. The van der Waals surface area contributed by atoms with Crippen molar-refractivity contribution in [3.05, 3.63) is 163 Å². The van der Waals surface area contributed by atoms with E-state index in [1.165, 1.54) is 48.5 Å². The van der Waals surface area contributed by atoms with Crippen molar-refractivity contribution in [1.82, 2.24) is 0 Å².